The van der Waals surface area contributed by atoms with Gasteiger partial charge in [-0.2, -0.15) is 0 Å². The van der Waals surface area contributed by atoms with E-state index in [4.69, 9.17) is 16.3 Å². The van der Waals surface area contributed by atoms with Gasteiger partial charge in [0.05, 0.1) is 13.7 Å². The van der Waals surface area contributed by atoms with E-state index in [1.54, 1.807) is 43.3 Å². The SMILES string of the molecule is COc1ccc2cc(CN(C)C(=O)CNC(=O)c3ccc(Cl)cc3)ccc2c1. The number of likely N-dealkylation sites (N-methyl/N-ethyl adjacent to an activating group) is 1. The maximum atomic E-state index is 12.4. The zero-order valence-electron chi connectivity index (χ0n) is 15.7. The zero-order chi connectivity index (χ0) is 20.1. The number of hydrogen-bond donors (Lipinski definition) is 1. The third-order valence-corrected chi connectivity index (χ3v) is 4.72. The van der Waals surface area contributed by atoms with Gasteiger partial charge in [-0.3, -0.25) is 9.59 Å². The lowest BCUT2D eigenvalue weighted by Crippen LogP contribution is -2.37. The van der Waals surface area contributed by atoms with Crippen molar-refractivity contribution in [3.8, 4) is 5.75 Å². The van der Waals surface area contributed by atoms with Crippen LogP contribution in [0.25, 0.3) is 10.8 Å². The third kappa shape index (κ3) is 4.81. The molecule has 3 rings (SSSR count). The van der Waals surface area contributed by atoms with Crippen LogP contribution in [0.4, 0.5) is 0 Å². The molecule has 0 aromatic heterocycles. The number of fused-ring (bicyclic) bond motifs is 1. The Labute approximate surface area is 168 Å². The lowest BCUT2D eigenvalue weighted by atomic mass is 10.1. The van der Waals surface area contributed by atoms with Crippen LogP contribution in [-0.2, 0) is 11.3 Å². The number of rotatable bonds is 6. The number of nitrogens with zero attached hydrogens (tertiary/aromatic N) is 1. The van der Waals surface area contributed by atoms with Crippen molar-refractivity contribution < 1.29 is 14.3 Å². The van der Waals surface area contributed by atoms with Crippen molar-refractivity contribution in [3.05, 3.63) is 76.8 Å². The van der Waals surface area contributed by atoms with Gasteiger partial charge >= 0.3 is 0 Å². The Morgan fingerprint density at radius 1 is 1.00 bits per heavy atom. The molecule has 0 aliphatic rings. The summed E-state index contributed by atoms with van der Waals surface area (Å²) in [4.78, 5) is 26.1. The fourth-order valence-corrected chi connectivity index (χ4v) is 2.98. The first-order chi connectivity index (χ1) is 13.5. The van der Waals surface area contributed by atoms with E-state index < -0.39 is 0 Å². The molecule has 0 heterocycles. The van der Waals surface area contributed by atoms with Gasteiger partial charge in [0.1, 0.15) is 5.75 Å². The molecule has 0 bridgehead atoms. The molecule has 0 fully saturated rings. The lowest BCUT2D eigenvalue weighted by molar-refractivity contribution is -0.129. The predicted molar refractivity (Wildman–Crippen MR) is 111 cm³/mol. The van der Waals surface area contributed by atoms with E-state index in [0.717, 1.165) is 22.1 Å². The number of hydrogen-bond acceptors (Lipinski definition) is 3. The van der Waals surface area contributed by atoms with Gasteiger partial charge in [0.2, 0.25) is 5.91 Å². The van der Waals surface area contributed by atoms with Gasteiger partial charge in [0, 0.05) is 24.2 Å². The Kier molecular flexibility index (Phi) is 6.16. The molecular weight excluding hydrogens is 376 g/mol. The maximum absolute atomic E-state index is 12.4. The Morgan fingerprint density at radius 2 is 1.68 bits per heavy atom. The van der Waals surface area contributed by atoms with Crippen LogP contribution in [0, 0.1) is 0 Å². The molecule has 0 aliphatic carbocycles. The van der Waals surface area contributed by atoms with Crippen molar-refractivity contribution in [1.82, 2.24) is 10.2 Å². The number of benzene rings is 3. The highest BCUT2D eigenvalue weighted by atomic mass is 35.5. The molecule has 0 unspecified atom stereocenters. The second kappa shape index (κ2) is 8.76. The summed E-state index contributed by atoms with van der Waals surface area (Å²) in [5.74, 6) is 0.333. The maximum Gasteiger partial charge on any atom is 0.251 e. The largest absolute Gasteiger partial charge is 0.497 e. The Morgan fingerprint density at radius 3 is 2.39 bits per heavy atom. The number of carbonyl (C=O) groups is 2. The van der Waals surface area contributed by atoms with E-state index in [0.29, 0.717) is 17.1 Å². The average molecular weight is 397 g/mol. The molecule has 0 atom stereocenters. The molecule has 0 saturated heterocycles. The summed E-state index contributed by atoms with van der Waals surface area (Å²) in [6.07, 6.45) is 0. The number of methoxy groups -OCH3 is 1. The predicted octanol–water partition coefficient (Wildman–Crippen LogP) is 3.89. The van der Waals surface area contributed by atoms with Gasteiger partial charge in [-0.25, -0.2) is 0 Å². The molecule has 0 radical (unpaired) electrons. The van der Waals surface area contributed by atoms with Gasteiger partial charge in [-0.1, -0.05) is 29.8 Å². The van der Waals surface area contributed by atoms with Crippen LogP contribution in [-0.4, -0.2) is 37.4 Å². The fourth-order valence-electron chi connectivity index (χ4n) is 2.85. The summed E-state index contributed by atoms with van der Waals surface area (Å²) in [6, 6.07) is 18.4. The minimum Gasteiger partial charge on any atom is -0.497 e. The van der Waals surface area contributed by atoms with Gasteiger partial charge in [-0.15, -0.1) is 0 Å². The van der Waals surface area contributed by atoms with Crippen molar-refractivity contribution in [1.29, 1.82) is 0 Å². The van der Waals surface area contributed by atoms with Gasteiger partial charge < -0.3 is 15.0 Å². The molecule has 28 heavy (non-hydrogen) atoms. The molecule has 0 spiro atoms. The summed E-state index contributed by atoms with van der Waals surface area (Å²) >= 11 is 5.82. The summed E-state index contributed by atoms with van der Waals surface area (Å²) < 4.78 is 5.24. The van der Waals surface area contributed by atoms with E-state index >= 15 is 0 Å². The summed E-state index contributed by atoms with van der Waals surface area (Å²) in [5.41, 5.74) is 1.47. The Hall–Kier alpha value is -3.05. The minimum absolute atomic E-state index is 0.0667. The molecule has 144 valence electrons. The second-order valence-electron chi connectivity index (χ2n) is 6.49. The summed E-state index contributed by atoms with van der Waals surface area (Å²) in [6.45, 7) is 0.389. The van der Waals surface area contributed by atoms with Crippen LogP contribution >= 0.6 is 11.6 Å². The van der Waals surface area contributed by atoms with Crippen LogP contribution in [0.1, 0.15) is 15.9 Å². The molecule has 6 heteroatoms. The first-order valence-electron chi connectivity index (χ1n) is 8.80. The van der Waals surface area contributed by atoms with E-state index in [1.807, 2.05) is 36.4 Å². The van der Waals surface area contributed by atoms with Crippen LogP contribution in [0.2, 0.25) is 5.02 Å². The molecule has 0 aliphatic heterocycles. The molecule has 3 aromatic rings. The molecular formula is C22H21ClN2O3. The Balaban J connectivity index is 1.58. The lowest BCUT2D eigenvalue weighted by Gasteiger charge is -2.18. The van der Waals surface area contributed by atoms with Crippen LogP contribution in [0.3, 0.4) is 0 Å². The molecule has 1 N–H and O–H groups in total. The normalized spacial score (nSPS) is 10.5. The van der Waals surface area contributed by atoms with Crippen LogP contribution in [0.5, 0.6) is 5.75 Å². The number of ether oxygens (including phenoxy) is 1. The highest BCUT2D eigenvalue weighted by Gasteiger charge is 2.12. The standard InChI is InChI=1S/C22H21ClN2O3/c1-25(21(26)13-24-22(27)16-5-8-19(23)9-6-16)14-15-3-4-18-12-20(28-2)10-7-17(18)11-15/h3-12H,13-14H2,1-2H3,(H,24,27). The Bertz CT molecular complexity index is 1000. The van der Waals surface area contributed by atoms with Crippen LogP contribution in [0.15, 0.2) is 60.7 Å². The van der Waals surface area contributed by atoms with Gasteiger partial charge in [0.25, 0.3) is 5.91 Å². The summed E-state index contributed by atoms with van der Waals surface area (Å²) in [5, 5.41) is 5.35. The zero-order valence-corrected chi connectivity index (χ0v) is 16.5. The van der Waals surface area contributed by atoms with Crippen LogP contribution < -0.4 is 10.1 Å². The average Bonchev–Trinajstić information content (AvgIpc) is 2.71. The van der Waals surface area contributed by atoms with Crippen molar-refractivity contribution in [3.63, 3.8) is 0 Å². The third-order valence-electron chi connectivity index (χ3n) is 4.46. The van der Waals surface area contributed by atoms with E-state index in [9.17, 15) is 9.59 Å². The number of carbonyl (C=O) groups excluding carboxylic acids is 2. The first-order valence-corrected chi connectivity index (χ1v) is 9.18. The van der Waals surface area contributed by atoms with Gasteiger partial charge in [0.15, 0.2) is 0 Å². The molecule has 0 saturated carbocycles. The highest BCUT2D eigenvalue weighted by molar-refractivity contribution is 6.30. The monoisotopic (exact) mass is 396 g/mol. The number of halogens is 1. The molecule has 5 nitrogen and oxygen atoms in total. The van der Waals surface area contributed by atoms with E-state index in [-0.39, 0.29) is 18.4 Å². The van der Waals surface area contributed by atoms with Crippen molar-refractivity contribution in [2.75, 3.05) is 20.7 Å². The summed E-state index contributed by atoms with van der Waals surface area (Å²) in [7, 11) is 3.36. The quantitative estimate of drug-likeness (QED) is 0.687. The van der Waals surface area contributed by atoms with E-state index in [2.05, 4.69) is 5.32 Å². The van der Waals surface area contributed by atoms with Crippen molar-refractivity contribution in [2.45, 2.75) is 6.54 Å². The molecule has 3 aromatic carbocycles. The number of amides is 2. The minimum atomic E-state index is -0.307. The van der Waals surface area contributed by atoms with Crippen molar-refractivity contribution in [2.24, 2.45) is 0 Å². The second-order valence-corrected chi connectivity index (χ2v) is 6.92. The fraction of sp³-hybridized carbons (Fsp3) is 0.182. The van der Waals surface area contributed by atoms with Gasteiger partial charge in [-0.05, 0) is 58.8 Å². The van der Waals surface area contributed by atoms with E-state index in [1.165, 1.54) is 0 Å². The number of nitrogens with one attached hydrogen (secondary N) is 1. The topological polar surface area (TPSA) is 58.6 Å². The van der Waals surface area contributed by atoms with Crippen molar-refractivity contribution >= 4 is 34.2 Å². The first kappa shape index (κ1) is 19.7. The smallest absolute Gasteiger partial charge is 0.251 e. The molecule has 2 amide bonds. The highest BCUT2D eigenvalue weighted by Crippen LogP contribution is 2.22.